The van der Waals surface area contributed by atoms with Crippen LogP contribution in [0.25, 0.3) is 22.2 Å². The fraction of sp³-hybridized carbons (Fsp3) is 0.222. The summed E-state index contributed by atoms with van der Waals surface area (Å²) in [7, 11) is 1.38. The third kappa shape index (κ3) is 4.26. The molecule has 5 nitrogen and oxygen atoms in total. The Balaban J connectivity index is 1.59. The van der Waals surface area contributed by atoms with Crippen LogP contribution in [-0.2, 0) is 17.6 Å². The summed E-state index contributed by atoms with van der Waals surface area (Å²) < 4.78 is 6.01. The highest BCUT2D eigenvalue weighted by Crippen LogP contribution is 2.40. The van der Waals surface area contributed by atoms with E-state index < -0.39 is 5.97 Å². The van der Waals surface area contributed by atoms with Crippen LogP contribution >= 0.6 is 27.3 Å². The summed E-state index contributed by atoms with van der Waals surface area (Å²) in [6.45, 7) is 2.21. The molecule has 1 aliphatic carbocycles. The fourth-order valence-electron chi connectivity index (χ4n) is 4.49. The van der Waals surface area contributed by atoms with E-state index in [0.29, 0.717) is 27.7 Å². The molecule has 4 aromatic rings. The number of anilines is 1. The summed E-state index contributed by atoms with van der Waals surface area (Å²) >= 11 is 5.00. The van der Waals surface area contributed by atoms with Crippen molar-refractivity contribution in [2.24, 2.45) is 5.92 Å². The Labute approximate surface area is 210 Å². The first-order chi connectivity index (χ1) is 16.4. The topological polar surface area (TPSA) is 68.3 Å². The van der Waals surface area contributed by atoms with Crippen LogP contribution in [0.1, 0.15) is 44.5 Å². The summed E-state index contributed by atoms with van der Waals surface area (Å²) in [5.74, 6) is -0.125. The van der Waals surface area contributed by atoms with Gasteiger partial charge in [0.1, 0.15) is 5.00 Å². The van der Waals surface area contributed by atoms with Crippen molar-refractivity contribution in [2.75, 3.05) is 12.4 Å². The van der Waals surface area contributed by atoms with Crippen molar-refractivity contribution in [2.45, 2.75) is 26.2 Å². The van der Waals surface area contributed by atoms with Gasteiger partial charge in [0.25, 0.3) is 5.91 Å². The molecule has 0 spiro atoms. The van der Waals surface area contributed by atoms with E-state index in [1.165, 1.54) is 18.4 Å². The number of nitrogens with zero attached hydrogens (tertiary/aromatic N) is 1. The molecule has 1 aliphatic rings. The number of esters is 1. The summed E-state index contributed by atoms with van der Waals surface area (Å²) in [6, 6.07) is 17.2. The lowest BCUT2D eigenvalue weighted by Gasteiger charge is -2.18. The van der Waals surface area contributed by atoms with Crippen LogP contribution in [0.2, 0.25) is 0 Å². The van der Waals surface area contributed by atoms with Gasteiger partial charge < -0.3 is 10.1 Å². The van der Waals surface area contributed by atoms with Gasteiger partial charge in [0.05, 0.1) is 29.4 Å². The minimum Gasteiger partial charge on any atom is -0.465 e. The van der Waals surface area contributed by atoms with Crippen LogP contribution in [0.5, 0.6) is 0 Å². The molecule has 5 rings (SSSR count). The molecule has 0 fully saturated rings. The average Bonchev–Trinajstić information content (AvgIpc) is 3.19. The highest BCUT2D eigenvalue weighted by atomic mass is 79.9. The zero-order valence-corrected chi connectivity index (χ0v) is 21.3. The van der Waals surface area contributed by atoms with Gasteiger partial charge in [-0.2, -0.15) is 0 Å². The van der Waals surface area contributed by atoms with Gasteiger partial charge in [-0.05, 0) is 55.0 Å². The fourth-order valence-corrected chi connectivity index (χ4v) is 6.28. The Morgan fingerprint density at radius 3 is 2.76 bits per heavy atom. The van der Waals surface area contributed by atoms with Crippen LogP contribution in [-0.4, -0.2) is 24.0 Å². The molecule has 7 heteroatoms. The minimum absolute atomic E-state index is 0.272. The van der Waals surface area contributed by atoms with E-state index in [1.807, 2.05) is 54.6 Å². The molecule has 0 saturated heterocycles. The van der Waals surface area contributed by atoms with E-state index in [-0.39, 0.29) is 5.91 Å². The Morgan fingerprint density at radius 2 is 1.97 bits per heavy atom. The minimum atomic E-state index is -0.406. The number of carbonyl (C=O) groups excluding carboxylic acids is 2. The lowest BCUT2D eigenvalue weighted by atomic mass is 9.88. The van der Waals surface area contributed by atoms with Gasteiger partial charge in [-0.1, -0.05) is 53.2 Å². The Kier molecular flexibility index (Phi) is 6.23. The molecule has 0 unspecified atom stereocenters. The number of carbonyl (C=O) groups is 2. The van der Waals surface area contributed by atoms with Gasteiger partial charge in [0.15, 0.2) is 0 Å². The third-order valence-electron chi connectivity index (χ3n) is 6.21. The number of hydrogen-bond donors (Lipinski definition) is 1. The van der Waals surface area contributed by atoms with Gasteiger partial charge >= 0.3 is 5.97 Å². The van der Waals surface area contributed by atoms with Gasteiger partial charge in [0, 0.05) is 20.3 Å². The molecule has 1 atom stereocenters. The van der Waals surface area contributed by atoms with E-state index in [2.05, 4.69) is 28.2 Å². The maximum atomic E-state index is 13.6. The number of pyridine rings is 1. The second-order valence-corrected chi connectivity index (χ2v) is 10.6. The molecular formula is C27H23BrN2O3S. The number of ether oxygens (including phenoxy) is 1. The zero-order chi connectivity index (χ0) is 23.8. The molecule has 0 bridgehead atoms. The Morgan fingerprint density at radius 1 is 1.15 bits per heavy atom. The van der Waals surface area contributed by atoms with E-state index in [4.69, 9.17) is 9.72 Å². The number of thiophene rings is 1. The molecule has 0 aliphatic heterocycles. The standard InChI is InChI=1S/C27H23BrN2O3S/c1-15-10-11-19-23(12-15)34-26(24(19)27(32)33-2)30-25(31)20-14-22(16-6-5-7-17(28)13-16)29-21-9-4-3-8-18(20)21/h3-9,13-15H,10-12H2,1-2H3,(H,30,31)/t15-/m0/s1. The molecule has 34 heavy (non-hydrogen) atoms. The first-order valence-corrected chi connectivity index (χ1v) is 12.8. The van der Waals surface area contributed by atoms with Crippen molar-refractivity contribution in [1.82, 2.24) is 4.98 Å². The predicted molar refractivity (Wildman–Crippen MR) is 140 cm³/mol. The van der Waals surface area contributed by atoms with Crippen LogP contribution < -0.4 is 5.32 Å². The second kappa shape index (κ2) is 9.31. The SMILES string of the molecule is COC(=O)c1c(NC(=O)c2cc(-c3cccc(Br)c3)nc3ccccc23)sc2c1CC[C@H](C)C2. The van der Waals surface area contributed by atoms with Crippen LogP contribution in [0, 0.1) is 5.92 Å². The zero-order valence-electron chi connectivity index (χ0n) is 18.9. The number of methoxy groups -OCH3 is 1. The van der Waals surface area contributed by atoms with Crippen molar-refractivity contribution < 1.29 is 14.3 Å². The maximum Gasteiger partial charge on any atom is 0.341 e. The Bertz CT molecular complexity index is 1430. The number of halogens is 1. The number of nitrogens with one attached hydrogen (secondary N) is 1. The predicted octanol–water partition coefficient (Wildman–Crippen LogP) is 6.89. The van der Waals surface area contributed by atoms with Crippen molar-refractivity contribution in [3.05, 3.63) is 80.6 Å². The summed E-state index contributed by atoms with van der Waals surface area (Å²) in [6.07, 6.45) is 2.75. The summed E-state index contributed by atoms with van der Waals surface area (Å²) in [4.78, 5) is 32.2. The van der Waals surface area contributed by atoms with E-state index >= 15 is 0 Å². The van der Waals surface area contributed by atoms with Crippen LogP contribution in [0.4, 0.5) is 5.00 Å². The first kappa shape index (κ1) is 22.7. The molecule has 172 valence electrons. The lowest BCUT2D eigenvalue weighted by Crippen LogP contribution is -2.16. The van der Waals surface area contributed by atoms with E-state index in [0.717, 1.165) is 50.6 Å². The summed E-state index contributed by atoms with van der Waals surface area (Å²) in [5, 5.41) is 4.35. The van der Waals surface area contributed by atoms with Gasteiger partial charge in [-0.15, -0.1) is 11.3 Å². The maximum absolute atomic E-state index is 13.6. The summed E-state index contributed by atoms with van der Waals surface area (Å²) in [5.41, 5.74) is 4.37. The van der Waals surface area contributed by atoms with Gasteiger partial charge in [0.2, 0.25) is 0 Å². The number of fused-ring (bicyclic) bond motifs is 2. The molecular weight excluding hydrogens is 512 g/mol. The number of hydrogen-bond acceptors (Lipinski definition) is 5. The number of para-hydroxylation sites is 1. The number of benzene rings is 2. The van der Waals surface area contributed by atoms with Crippen molar-refractivity contribution >= 4 is 55.0 Å². The largest absolute Gasteiger partial charge is 0.465 e. The first-order valence-electron chi connectivity index (χ1n) is 11.1. The van der Waals surface area contributed by atoms with Gasteiger partial charge in [-0.25, -0.2) is 9.78 Å². The van der Waals surface area contributed by atoms with Crippen molar-refractivity contribution in [3.63, 3.8) is 0 Å². The van der Waals surface area contributed by atoms with Crippen molar-refractivity contribution in [3.8, 4) is 11.3 Å². The average molecular weight is 535 g/mol. The quantitative estimate of drug-likeness (QED) is 0.289. The molecule has 2 aromatic carbocycles. The highest BCUT2D eigenvalue weighted by molar-refractivity contribution is 9.10. The molecule has 2 heterocycles. The molecule has 0 saturated carbocycles. The Hall–Kier alpha value is -3.03. The van der Waals surface area contributed by atoms with E-state index in [9.17, 15) is 9.59 Å². The third-order valence-corrected chi connectivity index (χ3v) is 7.87. The number of aromatic nitrogens is 1. The number of rotatable bonds is 4. The molecule has 2 aromatic heterocycles. The van der Waals surface area contributed by atoms with E-state index in [1.54, 1.807) is 0 Å². The normalized spacial score (nSPS) is 15.1. The van der Waals surface area contributed by atoms with Crippen LogP contribution in [0.15, 0.2) is 59.1 Å². The molecule has 0 radical (unpaired) electrons. The lowest BCUT2D eigenvalue weighted by molar-refractivity contribution is 0.0601. The van der Waals surface area contributed by atoms with Gasteiger partial charge in [-0.3, -0.25) is 4.79 Å². The van der Waals surface area contributed by atoms with Crippen LogP contribution in [0.3, 0.4) is 0 Å². The van der Waals surface area contributed by atoms with Crippen molar-refractivity contribution in [1.29, 1.82) is 0 Å². The monoisotopic (exact) mass is 534 g/mol. The molecule has 1 N–H and O–H groups in total. The molecule has 1 amide bonds. The number of amides is 1. The highest BCUT2D eigenvalue weighted by Gasteiger charge is 2.29. The second-order valence-electron chi connectivity index (χ2n) is 8.58. The smallest absolute Gasteiger partial charge is 0.341 e.